The molecular weight excluding hydrogens is 394 g/mol. The van der Waals surface area contributed by atoms with Crippen LogP contribution in [0, 0.1) is 18.3 Å². The smallest absolute Gasteiger partial charge is 0.253 e. The molecule has 0 unspecified atom stereocenters. The largest absolute Gasteiger partial charge is 0.394 e. The summed E-state index contributed by atoms with van der Waals surface area (Å²) in [6.07, 6.45) is 0. The van der Waals surface area contributed by atoms with Gasteiger partial charge in [0.15, 0.2) is 0 Å². The number of hydrogen-bond donors (Lipinski definition) is 1. The van der Waals surface area contributed by atoms with Gasteiger partial charge < -0.3 is 15.5 Å². The number of nitriles is 1. The van der Waals surface area contributed by atoms with Crippen molar-refractivity contribution in [2.75, 3.05) is 19.6 Å². The van der Waals surface area contributed by atoms with E-state index < -0.39 is 0 Å². The van der Waals surface area contributed by atoms with Gasteiger partial charge in [-0.25, -0.2) is 4.98 Å². The van der Waals surface area contributed by atoms with Crippen LogP contribution in [0.15, 0.2) is 54.2 Å². The van der Waals surface area contributed by atoms with Gasteiger partial charge >= 0.3 is 0 Å². The molecule has 1 saturated heterocycles. The molecule has 152 valence electrons. The number of fused-ring (bicyclic) bond motifs is 1. The van der Waals surface area contributed by atoms with Crippen LogP contribution < -0.4 is 5.73 Å². The van der Waals surface area contributed by atoms with Crippen molar-refractivity contribution in [2.45, 2.75) is 19.9 Å². The molecule has 2 N–H and O–H groups in total. The van der Waals surface area contributed by atoms with E-state index in [2.05, 4.69) is 17.1 Å². The molecule has 2 aromatic carbocycles. The third-order valence-corrected chi connectivity index (χ3v) is 6.41. The van der Waals surface area contributed by atoms with Gasteiger partial charge in [0.1, 0.15) is 22.5 Å². The van der Waals surface area contributed by atoms with Gasteiger partial charge in [0.2, 0.25) is 0 Å². The van der Waals surface area contributed by atoms with Gasteiger partial charge in [-0.15, -0.1) is 11.3 Å². The number of carbonyl (C=O) groups is 1. The number of allylic oxidation sites excluding steroid dienone is 1. The normalized spacial score (nSPS) is 17.6. The van der Waals surface area contributed by atoms with Crippen LogP contribution in [0.2, 0.25) is 0 Å². The summed E-state index contributed by atoms with van der Waals surface area (Å²) in [5.41, 5.74) is 9.95. The van der Waals surface area contributed by atoms with E-state index in [0.29, 0.717) is 41.6 Å². The van der Waals surface area contributed by atoms with Gasteiger partial charge in [0.25, 0.3) is 5.91 Å². The van der Waals surface area contributed by atoms with Crippen molar-refractivity contribution >= 4 is 33.2 Å². The topological polar surface area (TPSA) is 86.2 Å². The van der Waals surface area contributed by atoms with Gasteiger partial charge in [-0.2, -0.15) is 5.26 Å². The number of amides is 1. The van der Waals surface area contributed by atoms with Crippen LogP contribution in [0.25, 0.3) is 15.9 Å². The van der Waals surface area contributed by atoms with Crippen molar-refractivity contribution in [2.24, 2.45) is 5.73 Å². The van der Waals surface area contributed by atoms with E-state index in [9.17, 15) is 10.1 Å². The van der Waals surface area contributed by atoms with Crippen molar-refractivity contribution < 1.29 is 4.79 Å². The third kappa shape index (κ3) is 3.74. The van der Waals surface area contributed by atoms with E-state index in [-0.39, 0.29) is 11.9 Å². The maximum atomic E-state index is 12.8. The summed E-state index contributed by atoms with van der Waals surface area (Å²) in [6, 6.07) is 17.6. The SMILES string of the molecule is Cc1ccc2nc(/C(N)=C(\C#N)N3CCN(C(=O)c4ccccc4)C[C@H]3C)sc2c1. The molecular formula is C23H23N5OS. The number of aromatic nitrogens is 1. The Hall–Kier alpha value is -3.37. The first-order chi connectivity index (χ1) is 14.5. The average Bonchev–Trinajstić information content (AvgIpc) is 3.18. The molecule has 6 nitrogen and oxygen atoms in total. The quantitative estimate of drug-likeness (QED) is 0.658. The number of nitrogens with two attached hydrogens (primary N) is 1. The highest BCUT2D eigenvalue weighted by atomic mass is 32.1. The molecule has 4 rings (SSSR count). The van der Waals surface area contributed by atoms with E-state index in [4.69, 9.17) is 5.73 Å². The van der Waals surface area contributed by atoms with E-state index in [1.165, 1.54) is 11.3 Å². The maximum absolute atomic E-state index is 12.8. The second-order valence-electron chi connectivity index (χ2n) is 7.52. The third-order valence-electron chi connectivity index (χ3n) is 5.36. The Kier molecular flexibility index (Phi) is 5.42. The number of rotatable bonds is 3. The monoisotopic (exact) mass is 417 g/mol. The maximum Gasteiger partial charge on any atom is 0.253 e. The van der Waals surface area contributed by atoms with E-state index in [1.54, 1.807) is 0 Å². The number of aryl methyl sites for hydroxylation is 1. The van der Waals surface area contributed by atoms with Crippen LogP contribution in [0.3, 0.4) is 0 Å². The van der Waals surface area contributed by atoms with Gasteiger partial charge in [0.05, 0.1) is 10.2 Å². The first-order valence-corrected chi connectivity index (χ1v) is 10.7. The van der Waals surface area contributed by atoms with Gasteiger partial charge in [-0.1, -0.05) is 24.3 Å². The predicted octanol–water partition coefficient (Wildman–Crippen LogP) is 3.60. The van der Waals surface area contributed by atoms with Crippen molar-refractivity contribution in [3.05, 3.63) is 70.4 Å². The molecule has 1 aliphatic rings. The fraction of sp³-hybridized carbons (Fsp3) is 0.261. The summed E-state index contributed by atoms with van der Waals surface area (Å²) in [4.78, 5) is 21.2. The highest BCUT2D eigenvalue weighted by Gasteiger charge is 2.30. The molecule has 0 aliphatic carbocycles. The second kappa shape index (κ2) is 8.17. The zero-order valence-electron chi connectivity index (χ0n) is 17.0. The fourth-order valence-electron chi connectivity index (χ4n) is 3.77. The van der Waals surface area contributed by atoms with Gasteiger partial charge in [-0.3, -0.25) is 4.79 Å². The van der Waals surface area contributed by atoms with E-state index >= 15 is 0 Å². The number of nitrogens with zero attached hydrogens (tertiary/aromatic N) is 4. The van der Waals surface area contributed by atoms with Crippen molar-refractivity contribution in [3.63, 3.8) is 0 Å². The summed E-state index contributed by atoms with van der Waals surface area (Å²) < 4.78 is 1.05. The lowest BCUT2D eigenvalue weighted by molar-refractivity contribution is 0.0593. The Morgan fingerprint density at radius 2 is 2.00 bits per heavy atom. The number of hydrogen-bond acceptors (Lipinski definition) is 6. The molecule has 0 bridgehead atoms. The zero-order valence-corrected chi connectivity index (χ0v) is 17.8. The number of piperazine rings is 1. The summed E-state index contributed by atoms with van der Waals surface area (Å²) >= 11 is 1.49. The number of carbonyl (C=O) groups excluding carboxylic acids is 1. The predicted molar refractivity (Wildman–Crippen MR) is 120 cm³/mol. The van der Waals surface area contributed by atoms with Crippen molar-refractivity contribution in [1.29, 1.82) is 5.26 Å². The molecule has 2 heterocycles. The van der Waals surface area contributed by atoms with Crippen molar-refractivity contribution in [1.82, 2.24) is 14.8 Å². The highest BCUT2D eigenvalue weighted by Crippen LogP contribution is 2.29. The highest BCUT2D eigenvalue weighted by molar-refractivity contribution is 7.19. The van der Waals surface area contributed by atoms with Gasteiger partial charge in [-0.05, 0) is 43.7 Å². The standard InChI is InChI=1S/C23H23N5OS/c1-15-8-9-18-20(12-15)30-22(26-18)21(25)19(13-24)28-11-10-27(14-16(28)2)23(29)17-6-4-3-5-7-17/h3-9,12,16H,10-11,14,25H2,1-2H3/b21-19-/t16-/m1/s1. The van der Waals surface area contributed by atoms with Crippen LogP contribution >= 0.6 is 11.3 Å². The zero-order chi connectivity index (χ0) is 21.3. The van der Waals surface area contributed by atoms with Crippen LogP contribution in [0.1, 0.15) is 27.9 Å². The Morgan fingerprint density at radius 1 is 1.23 bits per heavy atom. The number of thiazole rings is 1. The van der Waals surface area contributed by atoms with Crippen LogP contribution in [0.5, 0.6) is 0 Å². The summed E-state index contributed by atoms with van der Waals surface area (Å²) in [5, 5.41) is 10.5. The molecule has 30 heavy (non-hydrogen) atoms. The lowest BCUT2D eigenvalue weighted by atomic mass is 10.1. The lowest BCUT2D eigenvalue weighted by Crippen LogP contribution is -2.53. The molecule has 1 aromatic heterocycles. The molecule has 1 aliphatic heterocycles. The van der Waals surface area contributed by atoms with E-state index in [1.807, 2.05) is 66.1 Å². The Bertz CT molecular complexity index is 1160. The first-order valence-electron chi connectivity index (χ1n) is 9.86. The molecule has 0 spiro atoms. The number of benzene rings is 2. The molecule has 1 fully saturated rings. The Balaban J connectivity index is 1.57. The minimum Gasteiger partial charge on any atom is -0.394 e. The minimum atomic E-state index is -0.0313. The minimum absolute atomic E-state index is 0.0131. The van der Waals surface area contributed by atoms with Crippen molar-refractivity contribution in [3.8, 4) is 6.07 Å². The lowest BCUT2D eigenvalue weighted by Gasteiger charge is -2.41. The Morgan fingerprint density at radius 3 is 2.70 bits per heavy atom. The average molecular weight is 418 g/mol. The molecule has 1 amide bonds. The van der Waals surface area contributed by atoms with Crippen LogP contribution in [0.4, 0.5) is 0 Å². The summed E-state index contributed by atoms with van der Waals surface area (Å²) in [5.74, 6) is 0.0131. The second-order valence-corrected chi connectivity index (χ2v) is 8.55. The summed E-state index contributed by atoms with van der Waals surface area (Å²) in [7, 11) is 0. The molecule has 3 aromatic rings. The summed E-state index contributed by atoms with van der Waals surface area (Å²) in [6.45, 7) is 5.67. The van der Waals surface area contributed by atoms with E-state index in [0.717, 1.165) is 15.8 Å². The Labute approximate surface area is 179 Å². The molecule has 7 heteroatoms. The molecule has 1 atom stereocenters. The molecule has 0 saturated carbocycles. The first kappa shape index (κ1) is 19.9. The molecule has 0 radical (unpaired) electrons. The van der Waals surface area contributed by atoms with Gasteiger partial charge in [0, 0.05) is 31.2 Å². The fourth-order valence-corrected chi connectivity index (χ4v) is 4.79. The van der Waals surface area contributed by atoms with Crippen LogP contribution in [-0.4, -0.2) is 46.4 Å². The van der Waals surface area contributed by atoms with Crippen LogP contribution in [-0.2, 0) is 0 Å².